The van der Waals surface area contributed by atoms with Crippen molar-refractivity contribution in [3.05, 3.63) is 30.5 Å². The third-order valence-electron chi connectivity index (χ3n) is 5.65. The number of rotatable bonds is 3. The van der Waals surface area contributed by atoms with Gasteiger partial charge in [-0.05, 0) is 24.6 Å². The standard InChI is InChI=1S/C20H24N8O/c21-14-4-7-28(12-17(14)29)19-10-13-16(11-23-19)25-26-20(13)15-2-1-3-18(24-15)27-8-5-22-6-9-27/h1-3,10-11,14,22H,4-9,12,21H2,(H,25,26). The number of carbonyl (C=O) groups excluding carboxylic acids is 1. The number of nitrogens with two attached hydrogens (primary N) is 1. The number of ketones is 1. The van der Waals surface area contributed by atoms with E-state index in [0.29, 0.717) is 13.0 Å². The van der Waals surface area contributed by atoms with Gasteiger partial charge in [0.25, 0.3) is 0 Å². The summed E-state index contributed by atoms with van der Waals surface area (Å²) in [5, 5.41) is 11.9. The summed E-state index contributed by atoms with van der Waals surface area (Å²) in [7, 11) is 0. The van der Waals surface area contributed by atoms with Crippen LogP contribution in [0, 0.1) is 0 Å². The maximum absolute atomic E-state index is 12.0. The highest BCUT2D eigenvalue weighted by Gasteiger charge is 2.25. The molecule has 0 radical (unpaired) electrons. The Morgan fingerprint density at radius 1 is 1.10 bits per heavy atom. The Morgan fingerprint density at radius 2 is 1.97 bits per heavy atom. The third-order valence-corrected chi connectivity index (χ3v) is 5.65. The second-order valence-electron chi connectivity index (χ2n) is 7.56. The van der Waals surface area contributed by atoms with E-state index in [4.69, 9.17) is 10.7 Å². The van der Waals surface area contributed by atoms with Crippen molar-refractivity contribution in [3.63, 3.8) is 0 Å². The molecule has 9 nitrogen and oxygen atoms in total. The maximum Gasteiger partial charge on any atom is 0.168 e. The second-order valence-corrected chi connectivity index (χ2v) is 7.56. The van der Waals surface area contributed by atoms with Gasteiger partial charge in [0.2, 0.25) is 0 Å². The van der Waals surface area contributed by atoms with Crippen LogP contribution in [0.4, 0.5) is 11.6 Å². The molecule has 2 saturated heterocycles. The number of carbonyl (C=O) groups is 1. The molecule has 1 atom stereocenters. The molecule has 1 unspecified atom stereocenters. The minimum absolute atomic E-state index is 0.0518. The van der Waals surface area contributed by atoms with Gasteiger partial charge in [-0.3, -0.25) is 9.89 Å². The highest BCUT2D eigenvalue weighted by Crippen LogP contribution is 2.29. The molecule has 0 amide bonds. The fourth-order valence-electron chi connectivity index (χ4n) is 3.93. The summed E-state index contributed by atoms with van der Waals surface area (Å²) in [5.74, 6) is 1.78. The molecular weight excluding hydrogens is 368 g/mol. The first kappa shape index (κ1) is 18.0. The van der Waals surface area contributed by atoms with E-state index in [1.54, 1.807) is 6.20 Å². The van der Waals surface area contributed by atoms with Crippen molar-refractivity contribution in [2.24, 2.45) is 5.73 Å². The molecule has 3 aromatic heterocycles. The van der Waals surface area contributed by atoms with Crippen LogP contribution in [0.5, 0.6) is 0 Å². The smallest absolute Gasteiger partial charge is 0.168 e. The minimum Gasteiger partial charge on any atom is -0.354 e. The Bertz CT molecular complexity index is 1040. The summed E-state index contributed by atoms with van der Waals surface area (Å²) in [6, 6.07) is 7.66. The van der Waals surface area contributed by atoms with Crippen LogP contribution in [0.2, 0.25) is 0 Å². The molecule has 150 valence electrons. The van der Waals surface area contributed by atoms with Crippen LogP contribution in [-0.4, -0.2) is 71.3 Å². The molecule has 5 heterocycles. The summed E-state index contributed by atoms with van der Waals surface area (Å²) in [4.78, 5) is 25.7. The first-order chi connectivity index (χ1) is 14.2. The van der Waals surface area contributed by atoms with Gasteiger partial charge in [0.15, 0.2) is 5.78 Å². The molecule has 3 aromatic rings. The number of aromatic nitrogens is 4. The molecule has 2 aliphatic heterocycles. The number of nitrogens with zero attached hydrogens (tertiary/aromatic N) is 5. The highest BCUT2D eigenvalue weighted by molar-refractivity contribution is 5.94. The van der Waals surface area contributed by atoms with E-state index in [1.807, 2.05) is 29.2 Å². The molecule has 4 N–H and O–H groups in total. The van der Waals surface area contributed by atoms with Crippen LogP contribution in [0.1, 0.15) is 6.42 Å². The zero-order valence-electron chi connectivity index (χ0n) is 16.1. The molecular formula is C20H24N8O. The van der Waals surface area contributed by atoms with Gasteiger partial charge in [-0.25, -0.2) is 9.97 Å². The van der Waals surface area contributed by atoms with Gasteiger partial charge in [0.1, 0.15) is 17.3 Å². The molecule has 2 aliphatic rings. The summed E-state index contributed by atoms with van der Waals surface area (Å²) >= 11 is 0. The van der Waals surface area contributed by atoms with E-state index in [2.05, 4.69) is 25.4 Å². The summed E-state index contributed by atoms with van der Waals surface area (Å²) in [6.45, 7) is 4.82. The predicted octanol–water partition coefficient (Wildman–Crippen LogP) is 0.536. The van der Waals surface area contributed by atoms with Crippen molar-refractivity contribution >= 4 is 28.3 Å². The van der Waals surface area contributed by atoms with E-state index in [9.17, 15) is 4.79 Å². The molecule has 5 rings (SSSR count). The molecule has 0 spiro atoms. The van der Waals surface area contributed by atoms with Crippen molar-refractivity contribution in [1.82, 2.24) is 25.5 Å². The molecule has 29 heavy (non-hydrogen) atoms. The van der Waals surface area contributed by atoms with Crippen molar-refractivity contribution < 1.29 is 4.79 Å². The number of piperidine rings is 1. The molecule has 0 saturated carbocycles. The average molecular weight is 392 g/mol. The Balaban J connectivity index is 1.48. The van der Waals surface area contributed by atoms with Gasteiger partial charge < -0.3 is 20.9 Å². The fraction of sp³-hybridized carbons (Fsp3) is 0.400. The second kappa shape index (κ2) is 7.41. The number of hydrogen-bond donors (Lipinski definition) is 3. The first-order valence-electron chi connectivity index (χ1n) is 9.99. The number of fused-ring (bicyclic) bond motifs is 1. The number of Topliss-reactive ketones (excluding diaryl/α,β-unsaturated/α-hetero) is 1. The normalized spacial score (nSPS) is 20.4. The Hall–Kier alpha value is -3.04. The summed E-state index contributed by atoms with van der Waals surface area (Å²) in [5.41, 5.74) is 8.30. The lowest BCUT2D eigenvalue weighted by molar-refractivity contribution is -0.119. The first-order valence-corrected chi connectivity index (χ1v) is 9.99. The maximum atomic E-state index is 12.0. The minimum atomic E-state index is -0.364. The molecule has 0 aromatic carbocycles. The van der Waals surface area contributed by atoms with Crippen LogP contribution in [0.25, 0.3) is 22.3 Å². The number of pyridine rings is 2. The summed E-state index contributed by atoms with van der Waals surface area (Å²) in [6.07, 6.45) is 2.41. The SMILES string of the molecule is NC1CCN(c2cc3c(-c4cccc(N5CCNCC5)n4)n[nH]c3cn2)CC1=O. The number of H-pyrrole nitrogens is 1. The fourth-order valence-corrected chi connectivity index (χ4v) is 3.93. The Labute approximate surface area is 168 Å². The number of hydrogen-bond acceptors (Lipinski definition) is 8. The largest absolute Gasteiger partial charge is 0.354 e. The molecule has 0 aliphatic carbocycles. The van der Waals surface area contributed by atoms with Crippen molar-refractivity contribution in [3.8, 4) is 11.4 Å². The van der Waals surface area contributed by atoms with Crippen LogP contribution in [-0.2, 0) is 4.79 Å². The van der Waals surface area contributed by atoms with Gasteiger partial charge in [-0.1, -0.05) is 6.07 Å². The highest BCUT2D eigenvalue weighted by atomic mass is 16.1. The quantitative estimate of drug-likeness (QED) is 0.591. The molecule has 2 fully saturated rings. The van der Waals surface area contributed by atoms with Gasteiger partial charge >= 0.3 is 0 Å². The van der Waals surface area contributed by atoms with E-state index < -0.39 is 0 Å². The van der Waals surface area contributed by atoms with Crippen LogP contribution >= 0.6 is 0 Å². The van der Waals surface area contributed by atoms with Gasteiger partial charge in [-0.2, -0.15) is 5.10 Å². The zero-order chi connectivity index (χ0) is 19.8. The van der Waals surface area contributed by atoms with Crippen molar-refractivity contribution in [2.45, 2.75) is 12.5 Å². The van der Waals surface area contributed by atoms with Crippen molar-refractivity contribution in [1.29, 1.82) is 0 Å². The summed E-state index contributed by atoms with van der Waals surface area (Å²) < 4.78 is 0. The van der Waals surface area contributed by atoms with E-state index >= 15 is 0 Å². The third kappa shape index (κ3) is 3.43. The predicted molar refractivity (Wildman–Crippen MR) is 112 cm³/mol. The number of anilines is 2. The average Bonchev–Trinajstić information content (AvgIpc) is 3.20. The zero-order valence-corrected chi connectivity index (χ0v) is 16.1. The lowest BCUT2D eigenvalue weighted by Gasteiger charge is -2.30. The Morgan fingerprint density at radius 3 is 2.79 bits per heavy atom. The molecule has 0 bridgehead atoms. The van der Waals surface area contributed by atoms with Gasteiger partial charge in [0, 0.05) is 38.1 Å². The number of nitrogens with one attached hydrogen (secondary N) is 2. The van der Waals surface area contributed by atoms with Crippen LogP contribution in [0.15, 0.2) is 30.5 Å². The van der Waals surface area contributed by atoms with E-state index in [0.717, 1.165) is 66.7 Å². The number of piperazine rings is 1. The van der Waals surface area contributed by atoms with Crippen LogP contribution in [0.3, 0.4) is 0 Å². The lowest BCUT2D eigenvalue weighted by atomic mass is 10.0. The van der Waals surface area contributed by atoms with E-state index in [1.165, 1.54) is 0 Å². The topological polar surface area (TPSA) is 116 Å². The van der Waals surface area contributed by atoms with E-state index in [-0.39, 0.29) is 11.8 Å². The monoisotopic (exact) mass is 392 g/mol. The lowest BCUT2D eigenvalue weighted by Crippen LogP contribution is -2.47. The van der Waals surface area contributed by atoms with Crippen molar-refractivity contribution in [2.75, 3.05) is 49.1 Å². The number of aromatic amines is 1. The van der Waals surface area contributed by atoms with Crippen LogP contribution < -0.4 is 20.9 Å². The van der Waals surface area contributed by atoms with Gasteiger partial charge in [0.05, 0.1) is 30.0 Å². The Kier molecular flexibility index (Phi) is 4.61. The molecule has 9 heteroatoms. The van der Waals surface area contributed by atoms with Gasteiger partial charge in [-0.15, -0.1) is 0 Å².